The maximum atomic E-state index is 14.9. The third-order valence-corrected chi connectivity index (χ3v) is 6.62. The summed E-state index contributed by atoms with van der Waals surface area (Å²) in [5, 5.41) is 6.92. The van der Waals surface area contributed by atoms with Crippen molar-refractivity contribution in [2.75, 3.05) is 38.7 Å². The second-order valence-electron chi connectivity index (χ2n) is 9.52. The second-order valence-corrected chi connectivity index (χ2v) is 9.52. The third kappa shape index (κ3) is 7.52. The van der Waals surface area contributed by atoms with E-state index in [2.05, 4.69) is 25.7 Å². The first kappa shape index (κ1) is 27.9. The smallest absolute Gasteiger partial charge is 0.339 e. The van der Waals surface area contributed by atoms with Crippen molar-refractivity contribution in [2.45, 2.75) is 25.7 Å². The monoisotopic (exact) mass is 561 g/mol. The van der Waals surface area contributed by atoms with E-state index < -0.39 is 11.8 Å². The molecule has 5 rings (SSSR count). The van der Waals surface area contributed by atoms with E-state index in [0.29, 0.717) is 40.5 Å². The molecule has 1 aliphatic heterocycles. The van der Waals surface area contributed by atoms with Crippen molar-refractivity contribution >= 4 is 28.8 Å². The number of anilines is 1. The van der Waals surface area contributed by atoms with Crippen LogP contribution in [0.25, 0.3) is 10.9 Å². The van der Waals surface area contributed by atoms with Gasteiger partial charge in [-0.2, -0.15) is 5.10 Å². The molecule has 0 radical (unpaired) electrons. The fraction of sp³-hybridized carbons (Fsp3) is 0.300. The number of aromatic nitrogens is 1. The van der Waals surface area contributed by atoms with Crippen LogP contribution in [0.4, 0.5) is 14.9 Å². The number of urea groups is 1. The van der Waals surface area contributed by atoms with E-state index in [-0.39, 0.29) is 11.4 Å². The number of fused-ring (bicyclic) bond motifs is 1. The average Bonchev–Trinajstić information content (AvgIpc) is 3.50. The number of hydrogen-bond donors (Lipinski definition) is 2. The van der Waals surface area contributed by atoms with Gasteiger partial charge in [-0.15, -0.1) is 0 Å². The molecule has 0 spiro atoms. The summed E-state index contributed by atoms with van der Waals surface area (Å²) in [5.74, 6) is 1.33. The number of nitrogens with one attached hydrogen (secondary N) is 2. The lowest BCUT2D eigenvalue weighted by Crippen LogP contribution is -2.31. The average molecular weight is 562 g/mol. The first-order valence-corrected chi connectivity index (χ1v) is 13.5. The van der Waals surface area contributed by atoms with E-state index in [9.17, 15) is 9.18 Å². The van der Waals surface area contributed by atoms with E-state index in [1.807, 2.05) is 0 Å². The van der Waals surface area contributed by atoms with Gasteiger partial charge in [0.15, 0.2) is 23.1 Å². The lowest BCUT2D eigenvalue weighted by atomic mass is 10.1. The molecular weight excluding hydrogens is 529 g/mol. The van der Waals surface area contributed by atoms with Crippen LogP contribution in [0, 0.1) is 5.82 Å². The Balaban J connectivity index is 1.22. The Hall–Kier alpha value is -4.64. The number of likely N-dealkylation sites (tertiary alicyclic amines) is 1. The van der Waals surface area contributed by atoms with Crippen molar-refractivity contribution in [1.29, 1.82) is 0 Å². The number of carbonyl (C=O) groups is 1. The second kappa shape index (κ2) is 13.6. The molecule has 10 nitrogen and oxygen atoms in total. The minimum absolute atomic E-state index is 0.0173. The van der Waals surface area contributed by atoms with Crippen LogP contribution in [0.5, 0.6) is 23.0 Å². The fourth-order valence-corrected chi connectivity index (χ4v) is 4.60. The van der Waals surface area contributed by atoms with Gasteiger partial charge in [-0.25, -0.2) is 14.6 Å². The third-order valence-electron chi connectivity index (χ3n) is 6.62. The van der Waals surface area contributed by atoms with Crippen molar-refractivity contribution in [1.82, 2.24) is 15.3 Å². The number of carbonyl (C=O) groups excluding carboxylic acids is 1. The number of amides is 2. The topological polar surface area (TPSA) is 110 Å². The summed E-state index contributed by atoms with van der Waals surface area (Å²) in [6, 6.07) is 12.1. The van der Waals surface area contributed by atoms with Crippen LogP contribution < -0.4 is 25.0 Å². The zero-order valence-corrected chi connectivity index (χ0v) is 22.8. The Bertz CT molecular complexity index is 1490. The van der Waals surface area contributed by atoms with E-state index >= 15 is 0 Å². The molecule has 2 aromatic heterocycles. The lowest BCUT2D eigenvalue weighted by molar-refractivity contribution is 0.203. The molecule has 3 heterocycles. The van der Waals surface area contributed by atoms with Crippen LogP contribution >= 0.6 is 0 Å². The molecule has 1 fully saturated rings. The lowest BCUT2D eigenvalue weighted by Gasteiger charge is -2.26. The number of hydrazone groups is 1. The number of nitrogens with zero attached hydrogens (tertiary/aromatic N) is 3. The Morgan fingerprint density at radius 1 is 1.10 bits per heavy atom. The normalized spacial score (nSPS) is 13.8. The molecule has 0 saturated carbocycles. The Morgan fingerprint density at radius 3 is 2.76 bits per heavy atom. The van der Waals surface area contributed by atoms with Gasteiger partial charge in [0.2, 0.25) is 0 Å². The molecule has 0 atom stereocenters. The molecular formula is C30H32FN5O5. The summed E-state index contributed by atoms with van der Waals surface area (Å²) < 4.78 is 37.6. The molecule has 1 saturated heterocycles. The Labute approximate surface area is 237 Å². The van der Waals surface area contributed by atoms with E-state index in [4.69, 9.17) is 18.6 Å². The highest BCUT2D eigenvalue weighted by Gasteiger charge is 2.15. The van der Waals surface area contributed by atoms with Crippen molar-refractivity contribution in [3.8, 4) is 23.0 Å². The number of pyridine rings is 1. The van der Waals surface area contributed by atoms with Gasteiger partial charge in [0.05, 0.1) is 31.7 Å². The molecule has 0 aliphatic carbocycles. The number of methoxy groups -OCH3 is 1. The molecule has 41 heavy (non-hydrogen) atoms. The van der Waals surface area contributed by atoms with Gasteiger partial charge < -0.3 is 28.8 Å². The minimum Gasteiger partial charge on any atom is -0.493 e. The number of furan rings is 1. The standard InChI is InChI=1S/C30H32FN5O5/c1-38-28-18-23-25(19-29(28)40-16-6-14-36-12-3-2-4-13-36)32-11-10-26(23)41-27-9-8-21(17-24(27)31)34-30(37)35-33-20-22-7-5-15-39-22/h5,7-11,15,17-20H,2-4,6,12-14,16H2,1H3,(H2,34,35,37)/b33-20+. The number of hydrogen-bond acceptors (Lipinski definition) is 8. The largest absolute Gasteiger partial charge is 0.493 e. The van der Waals surface area contributed by atoms with Crippen molar-refractivity contribution < 1.29 is 27.8 Å². The Kier molecular flexibility index (Phi) is 9.27. The predicted octanol–water partition coefficient (Wildman–Crippen LogP) is 6.18. The van der Waals surface area contributed by atoms with E-state index in [1.54, 1.807) is 43.6 Å². The van der Waals surface area contributed by atoms with Crippen LogP contribution in [-0.4, -0.2) is 55.5 Å². The summed E-state index contributed by atoms with van der Waals surface area (Å²) in [6.45, 7) is 3.89. The van der Waals surface area contributed by atoms with Gasteiger partial charge in [0.1, 0.15) is 11.5 Å². The van der Waals surface area contributed by atoms with Crippen molar-refractivity contribution in [3.05, 3.63) is 72.6 Å². The highest BCUT2D eigenvalue weighted by Crippen LogP contribution is 2.38. The van der Waals surface area contributed by atoms with Crippen LogP contribution in [0.1, 0.15) is 31.4 Å². The molecule has 0 bridgehead atoms. The predicted molar refractivity (Wildman–Crippen MR) is 154 cm³/mol. The molecule has 4 aromatic rings. The van der Waals surface area contributed by atoms with Crippen molar-refractivity contribution in [2.24, 2.45) is 5.10 Å². The zero-order valence-electron chi connectivity index (χ0n) is 22.8. The highest BCUT2D eigenvalue weighted by atomic mass is 19.1. The number of ether oxygens (including phenoxy) is 3. The first-order chi connectivity index (χ1) is 20.1. The minimum atomic E-state index is -0.660. The van der Waals surface area contributed by atoms with Gasteiger partial charge >= 0.3 is 6.03 Å². The van der Waals surface area contributed by atoms with Gasteiger partial charge in [-0.05, 0) is 68.8 Å². The quantitative estimate of drug-likeness (QED) is 0.128. The summed E-state index contributed by atoms with van der Waals surface area (Å²) >= 11 is 0. The summed E-state index contributed by atoms with van der Waals surface area (Å²) in [4.78, 5) is 19.0. The molecule has 2 aromatic carbocycles. The molecule has 1 aliphatic rings. The summed E-state index contributed by atoms with van der Waals surface area (Å²) in [7, 11) is 1.57. The summed E-state index contributed by atoms with van der Waals surface area (Å²) in [5.41, 5.74) is 3.13. The molecule has 0 unspecified atom stereocenters. The number of halogens is 1. The van der Waals surface area contributed by atoms with Gasteiger partial charge in [0, 0.05) is 35.9 Å². The van der Waals surface area contributed by atoms with E-state index in [0.717, 1.165) is 32.1 Å². The zero-order chi connectivity index (χ0) is 28.4. The number of rotatable bonds is 11. The van der Waals surface area contributed by atoms with Gasteiger partial charge in [0.25, 0.3) is 0 Å². The maximum absolute atomic E-state index is 14.9. The summed E-state index contributed by atoms with van der Waals surface area (Å²) in [6.07, 6.45) is 9.19. The van der Waals surface area contributed by atoms with E-state index in [1.165, 1.54) is 43.9 Å². The highest BCUT2D eigenvalue weighted by molar-refractivity contribution is 5.90. The van der Waals surface area contributed by atoms with Crippen molar-refractivity contribution in [3.63, 3.8) is 0 Å². The number of piperidine rings is 1. The van der Waals surface area contributed by atoms with Crippen LogP contribution in [0.15, 0.2) is 70.5 Å². The molecule has 214 valence electrons. The van der Waals surface area contributed by atoms with Gasteiger partial charge in [-0.3, -0.25) is 4.98 Å². The van der Waals surface area contributed by atoms with Gasteiger partial charge in [-0.1, -0.05) is 6.42 Å². The first-order valence-electron chi connectivity index (χ1n) is 13.5. The molecule has 2 N–H and O–H groups in total. The maximum Gasteiger partial charge on any atom is 0.339 e. The fourth-order valence-electron chi connectivity index (χ4n) is 4.60. The Morgan fingerprint density at radius 2 is 1.98 bits per heavy atom. The van der Waals surface area contributed by atoms with Crippen LogP contribution in [0.3, 0.4) is 0 Å². The molecule has 2 amide bonds. The number of benzene rings is 2. The van der Waals surface area contributed by atoms with Crippen LogP contribution in [0.2, 0.25) is 0 Å². The van der Waals surface area contributed by atoms with Crippen LogP contribution in [-0.2, 0) is 0 Å². The molecule has 11 heteroatoms. The SMILES string of the molecule is COc1cc2c(Oc3ccc(NC(=O)N/N=C/c4ccco4)cc3F)ccnc2cc1OCCCN1CCCCC1.